The van der Waals surface area contributed by atoms with E-state index in [-0.39, 0.29) is 0 Å². The van der Waals surface area contributed by atoms with E-state index in [4.69, 9.17) is 23.7 Å². The van der Waals surface area contributed by atoms with Crippen molar-refractivity contribution in [2.75, 3.05) is 35.5 Å². The van der Waals surface area contributed by atoms with E-state index in [0.717, 1.165) is 38.2 Å². The molecule has 0 atom stereocenters. The third-order valence-corrected chi connectivity index (χ3v) is 5.33. The van der Waals surface area contributed by atoms with Gasteiger partial charge in [-0.3, -0.25) is 0 Å². The molecule has 1 aromatic heterocycles. The van der Waals surface area contributed by atoms with Crippen molar-refractivity contribution in [2.45, 2.75) is 0 Å². The van der Waals surface area contributed by atoms with Gasteiger partial charge >= 0.3 is 0 Å². The van der Waals surface area contributed by atoms with E-state index in [1.54, 1.807) is 35.5 Å². The van der Waals surface area contributed by atoms with E-state index < -0.39 is 0 Å². The number of fused-ring (bicyclic) bond motifs is 5. The van der Waals surface area contributed by atoms with E-state index in [1.807, 2.05) is 37.4 Å². The van der Waals surface area contributed by atoms with Crippen molar-refractivity contribution in [1.82, 2.24) is 0 Å². The number of aromatic nitrogens is 1. The predicted octanol–water partition coefficient (Wildman–Crippen LogP) is 4.01. The van der Waals surface area contributed by atoms with Crippen LogP contribution in [0, 0.1) is 0 Å². The van der Waals surface area contributed by atoms with Gasteiger partial charge in [0, 0.05) is 5.39 Å². The van der Waals surface area contributed by atoms with Gasteiger partial charge in [0.2, 0.25) is 5.52 Å². The molecular weight excluding hydrogens is 370 g/mol. The van der Waals surface area contributed by atoms with E-state index in [9.17, 15) is 0 Å². The minimum absolute atomic E-state index is 0.677. The van der Waals surface area contributed by atoms with E-state index in [0.29, 0.717) is 23.0 Å². The number of methoxy groups -OCH3 is 5. The molecule has 0 N–H and O–H groups in total. The number of benzene rings is 3. The van der Waals surface area contributed by atoms with Crippen LogP contribution in [0.5, 0.6) is 28.7 Å². The first-order valence-corrected chi connectivity index (χ1v) is 9.17. The Bertz CT molecular complexity index is 1250. The van der Waals surface area contributed by atoms with Gasteiger partial charge in [-0.25, -0.2) is 0 Å². The molecule has 29 heavy (non-hydrogen) atoms. The molecule has 4 rings (SSSR count). The summed E-state index contributed by atoms with van der Waals surface area (Å²) in [6.45, 7) is 0. The Morgan fingerprint density at radius 3 is 1.86 bits per heavy atom. The summed E-state index contributed by atoms with van der Waals surface area (Å²) in [6.07, 6.45) is 2.05. The fraction of sp³-hybridized carbons (Fsp3) is 0.261. The number of pyridine rings is 1. The van der Waals surface area contributed by atoms with E-state index >= 15 is 0 Å². The van der Waals surface area contributed by atoms with Gasteiger partial charge in [0.05, 0.1) is 51.7 Å². The molecule has 4 aromatic rings. The number of ether oxygens (including phenoxy) is 5. The SMILES string of the molecule is COc1cc2cc(OC)c3c4ccc(OC)c(OC)c4c[n+](C)c3c2cc1OC. The zero-order valence-electron chi connectivity index (χ0n) is 17.5. The molecule has 6 heteroatoms. The smallest absolute Gasteiger partial charge is 0.224 e. The predicted molar refractivity (Wildman–Crippen MR) is 113 cm³/mol. The summed E-state index contributed by atoms with van der Waals surface area (Å²) in [7, 11) is 10.3. The number of nitrogens with zero attached hydrogens (tertiary/aromatic N) is 1. The van der Waals surface area contributed by atoms with Crippen molar-refractivity contribution in [3.8, 4) is 28.7 Å². The van der Waals surface area contributed by atoms with Crippen LogP contribution in [0.25, 0.3) is 32.4 Å². The maximum Gasteiger partial charge on any atom is 0.224 e. The Morgan fingerprint density at radius 2 is 1.24 bits per heavy atom. The largest absolute Gasteiger partial charge is 0.496 e. The van der Waals surface area contributed by atoms with Crippen molar-refractivity contribution in [2.24, 2.45) is 7.05 Å². The van der Waals surface area contributed by atoms with E-state index in [1.165, 1.54) is 0 Å². The average Bonchev–Trinajstić information content (AvgIpc) is 2.76. The fourth-order valence-electron chi connectivity index (χ4n) is 4.03. The van der Waals surface area contributed by atoms with Crippen LogP contribution >= 0.6 is 0 Å². The molecule has 3 aromatic carbocycles. The molecule has 0 saturated heterocycles. The highest BCUT2D eigenvalue weighted by molar-refractivity contribution is 6.18. The monoisotopic (exact) mass is 394 g/mol. The second-order valence-corrected chi connectivity index (χ2v) is 6.73. The normalized spacial score (nSPS) is 11.1. The Kier molecular flexibility index (Phi) is 4.70. The molecule has 0 aliphatic carbocycles. The summed E-state index contributed by atoms with van der Waals surface area (Å²) in [5, 5.41) is 5.00. The molecule has 0 fully saturated rings. The lowest BCUT2D eigenvalue weighted by molar-refractivity contribution is -0.642. The second kappa shape index (κ2) is 7.20. The minimum atomic E-state index is 0.677. The molecule has 150 valence electrons. The van der Waals surface area contributed by atoms with Crippen LogP contribution in [0.2, 0.25) is 0 Å². The second-order valence-electron chi connectivity index (χ2n) is 6.73. The van der Waals surface area contributed by atoms with Crippen LogP contribution < -0.4 is 28.3 Å². The highest BCUT2D eigenvalue weighted by atomic mass is 16.5. The van der Waals surface area contributed by atoms with Crippen LogP contribution in [-0.4, -0.2) is 35.5 Å². The van der Waals surface area contributed by atoms with Gasteiger partial charge in [-0.15, -0.1) is 0 Å². The number of rotatable bonds is 5. The summed E-state index contributed by atoms with van der Waals surface area (Å²) >= 11 is 0. The average molecular weight is 394 g/mol. The number of aryl methyl sites for hydroxylation is 1. The Labute approximate surface area is 169 Å². The molecule has 0 radical (unpaired) electrons. The molecule has 0 aliphatic heterocycles. The highest BCUT2D eigenvalue weighted by Gasteiger charge is 2.23. The fourth-order valence-corrected chi connectivity index (χ4v) is 4.03. The first kappa shape index (κ1) is 18.9. The summed E-state index contributed by atoms with van der Waals surface area (Å²) in [5.74, 6) is 3.51. The molecular formula is C23H24NO5+. The zero-order chi connectivity index (χ0) is 20.7. The topological polar surface area (TPSA) is 50.0 Å². The van der Waals surface area contributed by atoms with Crippen molar-refractivity contribution in [3.05, 3.63) is 36.5 Å². The lowest BCUT2D eigenvalue weighted by Gasteiger charge is -2.15. The van der Waals surface area contributed by atoms with Crippen LogP contribution in [0.1, 0.15) is 0 Å². The summed E-state index contributed by atoms with van der Waals surface area (Å²) in [4.78, 5) is 0. The maximum atomic E-state index is 5.80. The molecule has 0 aliphatic rings. The summed E-state index contributed by atoms with van der Waals surface area (Å²) < 4.78 is 30.1. The minimum Gasteiger partial charge on any atom is -0.496 e. The quantitative estimate of drug-likeness (QED) is 0.378. The van der Waals surface area contributed by atoms with Crippen LogP contribution in [0.15, 0.2) is 36.5 Å². The van der Waals surface area contributed by atoms with Gasteiger partial charge in [0.1, 0.15) is 12.8 Å². The third kappa shape index (κ3) is 2.75. The molecule has 0 unspecified atom stereocenters. The molecule has 6 nitrogen and oxygen atoms in total. The molecule has 0 spiro atoms. The maximum absolute atomic E-state index is 5.80. The molecule has 1 heterocycles. The Balaban J connectivity index is 2.25. The summed E-state index contributed by atoms with van der Waals surface area (Å²) in [6, 6.07) is 9.94. The first-order chi connectivity index (χ1) is 14.1. The molecule has 0 amide bonds. The van der Waals surface area contributed by atoms with E-state index in [2.05, 4.69) is 10.8 Å². The molecule has 0 bridgehead atoms. The van der Waals surface area contributed by atoms with Crippen molar-refractivity contribution >= 4 is 32.4 Å². The Morgan fingerprint density at radius 1 is 0.621 bits per heavy atom. The van der Waals surface area contributed by atoms with Crippen molar-refractivity contribution in [3.63, 3.8) is 0 Å². The van der Waals surface area contributed by atoms with Gasteiger partial charge in [-0.1, -0.05) is 0 Å². The van der Waals surface area contributed by atoms with Crippen molar-refractivity contribution < 1.29 is 28.3 Å². The lowest BCUT2D eigenvalue weighted by Crippen LogP contribution is -2.29. The highest BCUT2D eigenvalue weighted by Crippen LogP contribution is 2.43. The van der Waals surface area contributed by atoms with Gasteiger partial charge < -0.3 is 23.7 Å². The van der Waals surface area contributed by atoms with Gasteiger partial charge in [0.15, 0.2) is 29.2 Å². The van der Waals surface area contributed by atoms with Crippen LogP contribution in [0.4, 0.5) is 0 Å². The number of hydrogen-bond acceptors (Lipinski definition) is 5. The lowest BCUT2D eigenvalue weighted by atomic mass is 9.99. The van der Waals surface area contributed by atoms with Gasteiger partial charge in [-0.2, -0.15) is 4.57 Å². The first-order valence-electron chi connectivity index (χ1n) is 9.17. The standard InChI is InChI=1S/C23H24NO5/c1-24-12-16-14(7-8-17(25-2)23(16)29-6)21-20(28-5)10-13-9-18(26-3)19(27-4)11-15(13)22(21)24/h7-12H,1-6H3/q+1. The zero-order valence-corrected chi connectivity index (χ0v) is 17.5. The third-order valence-electron chi connectivity index (χ3n) is 5.33. The van der Waals surface area contributed by atoms with Gasteiger partial charge in [-0.05, 0) is 35.7 Å². The van der Waals surface area contributed by atoms with Gasteiger partial charge in [0.25, 0.3) is 0 Å². The summed E-state index contributed by atoms with van der Waals surface area (Å²) in [5.41, 5.74) is 1.03. The number of hydrogen-bond donors (Lipinski definition) is 0. The van der Waals surface area contributed by atoms with Crippen LogP contribution in [-0.2, 0) is 7.05 Å². The van der Waals surface area contributed by atoms with Crippen LogP contribution in [0.3, 0.4) is 0 Å². The van der Waals surface area contributed by atoms with Crippen molar-refractivity contribution in [1.29, 1.82) is 0 Å². The Hall–Kier alpha value is -3.41. The molecule has 0 saturated carbocycles.